The minimum Gasteiger partial charge on any atom is -0.393 e. The Bertz CT molecular complexity index is 1280. The van der Waals surface area contributed by atoms with Crippen LogP contribution in [0, 0.1) is 0 Å². The highest BCUT2D eigenvalue weighted by Crippen LogP contribution is 2.04. The SMILES string of the molecule is [2H]c1nc2c(c(=O)n(CC([2H])([2H])C([2H])([2H])C([2H])([2H])C(O)C([2H])([2H])[2H])c(=O)n2C([2H])([2H])[2H])n1C([2H])([2H])[2H]. The van der Waals surface area contributed by atoms with Gasteiger partial charge in [0.1, 0.15) is 1.37 Å². The number of rotatable bonds is 5. The largest absolute Gasteiger partial charge is 0.393 e. The molecule has 0 aliphatic carbocycles. The number of fused-ring (bicyclic) bond motifs is 1. The molecule has 7 nitrogen and oxygen atoms in total. The van der Waals surface area contributed by atoms with Gasteiger partial charge < -0.3 is 9.67 Å². The first-order valence-electron chi connectivity index (χ1n) is 13.1. The van der Waals surface area contributed by atoms with E-state index < -0.39 is 81.3 Å². The molecule has 0 radical (unpaired) electrons. The van der Waals surface area contributed by atoms with Crippen molar-refractivity contribution >= 4 is 11.2 Å². The highest BCUT2D eigenvalue weighted by molar-refractivity contribution is 5.69. The molecule has 0 saturated heterocycles. The van der Waals surface area contributed by atoms with Gasteiger partial charge in [0.05, 0.1) is 12.4 Å². The summed E-state index contributed by atoms with van der Waals surface area (Å²) in [4.78, 5) is 29.4. The second kappa shape index (κ2) is 5.62. The lowest BCUT2D eigenvalue weighted by molar-refractivity contribution is 0.180. The van der Waals surface area contributed by atoms with Crippen molar-refractivity contribution in [2.45, 2.75) is 38.6 Å². The zero-order chi connectivity index (χ0) is 28.6. The van der Waals surface area contributed by atoms with Gasteiger partial charge in [0.2, 0.25) is 0 Å². The third-order valence-electron chi connectivity index (χ3n) is 2.31. The van der Waals surface area contributed by atoms with Crippen LogP contribution in [0.1, 0.15) is 47.9 Å². The van der Waals surface area contributed by atoms with E-state index in [4.69, 9.17) is 21.9 Å². The normalized spacial score (nSPS) is 28.9. The van der Waals surface area contributed by atoms with Gasteiger partial charge in [-0.3, -0.25) is 13.9 Å². The molecule has 2 heterocycles. The predicted octanol–water partition coefficient (Wildman–Crippen LogP) is -0.0152. The molecule has 0 bridgehead atoms. The maximum Gasteiger partial charge on any atom is 0.332 e. The topological polar surface area (TPSA) is 82.1 Å². The molecule has 110 valence electrons. The van der Waals surface area contributed by atoms with Gasteiger partial charge in [-0.15, -0.1) is 0 Å². The number of hydrogen-bond donors (Lipinski definition) is 1. The van der Waals surface area contributed by atoms with Crippen molar-refractivity contribution < 1.29 is 27.0 Å². The zero-order valence-electron chi connectivity index (χ0n) is 25.8. The molecule has 0 aromatic carbocycles. The average molecular weight is 296 g/mol. The Morgan fingerprint density at radius 3 is 3.05 bits per heavy atom. The van der Waals surface area contributed by atoms with Crippen LogP contribution in [0.4, 0.5) is 0 Å². The molecule has 2 aromatic heterocycles. The smallest absolute Gasteiger partial charge is 0.332 e. The van der Waals surface area contributed by atoms with Crippen LogP contribution in [0.2, 0.25) is 0 Å². The molecule has 1 atom stereocenters. The van der Waals surface area contributed by atoms with E-state index in [1.54, 1.807) is 0 Å². The Hall–Kier alpha value is -1.89. The fraction of sp³-hybridized carbons (Fsp3) is 0.615. The molecule has 0 fully saturated rings. The van der Waals surface area contributed by atoms with Crippen molar-refractivity contribution in [1.82, 2.24) is 18.7 Å². The Morgan fingerprint density at radius 2 is 2.35 bits per heavy atom. The number of hydrogen-bond acceptors (Lipinski definition) is 4. The second-order valence-electron chi connectivity index (χ2n) is 3.58. The van der Waals surface area contributed by atoms with Crippen molar-refractivity contribution in [2.24, 2.45) is 14.0 Å². The van der Waals surface area contributed by atoms with Crippen molar-refractivity contribution in [3.05, 3.63) is 27.1 Å². The molecule has 2 rings (SSSR count). The fourth-order valence-electron chi connectivity index (χ4n) is 1.45. The highest BCUT2D eigenvalue weighted by Gasteiger charge is 2.14. The van der Waals surface area contributed by atoms with Crippen molar-refractivity contribution in [2.75, 3.05) is 0 Å². The first-order chi connectivity index (χ1) is 15.7. The van der Waals surface area contributed by atoms with Gasteiger partial charge in [0.25, 0.3) is 5.56 Å². The number of aliphatic hydroxyl groups excluding tert-OH is 1. The number of aromatic nitrogens is 4. The van der Waals surface area contributed by atoms with Gasteiger partial charge >= 0.3 is 5.69 Å². The quantitative estimate of drug-likeness (QED) is 0.841. The van der Waals surface area contributed by atoms with Crippen molar-refractivity contribution in [3.63, 3.8) is 0 Å². The Morgan fingerprint density at radius 1 is 1.50 bits per heavy atom. The third-order valence-corrected chi connectivity index (χ3v) is 2.31. The van der Waals surface area contributed by atoms with E-state index in [2.05, 4.69) is 4.98 Å². The molecular formula is C13H20N4O3. The minimum absolute atomic E-state index is 0.00468. The number of aryl methyl sites for hydroxylation is 2. The van der Waals surface area contributed by atoms with E-state index >= 15 is 0 Å². The van der Waals surface area contributed by atoms with Gasteiger partial charge in [-0.25, -0.2) is 9.78 Å². The lowest BCUT2D eigenvalue weighted by Gasteiger charge is -2.09. The Kier molecular flexibility index (Phi) is 1.21. The maximum atomic E-state index is 13.1. The van der Waals surface area contributed by atoms with Gasteiger partial charge in [-0.1, -0.05) is 0 Å². The summed E-state index contributed by atoms with van der Waals surface area (Å²) in [5, 5.41) is 9.86. The molecule has 0 aliphatic rings. The molecule has 1 unspecified atom stereocenters. The fourth-order valence-corrected chi connectivity index (χ4v) is 1.45. The first-order valence-corrected chi connectivity index (χ1v) is 5.15. The summed E-state index contributed by atoms with van der Waals surface area (Å²) in [5.74, 6) is 0. The van der Waals surface area contributed by atoms with Crippen LogP contribution in [0.25, 0.3) is 11.2 Å². The lowest BCUT2D eigenvalue weighted by Crippen LogP contribution is -2.39. The van der Waals surface area contributed by atoms with Crippen molar-refractivity contribution in [3.8, 4) is 0 Å². The minimum atomic E-state index is -3.93. The molecule has 1 N–H and O–H groups in total. The molecule has 0 aliphatic heterocycles. The van der Waals surface area contributed by atoms with Crippen LogP contribution >= 0.6 is 0 Å². The predicted molar refractivity (Wildman–Crippen MR) is 75.7 cm³/mol. The summed E-state index contributed by atoms with van der Waals surface area (Å²) in [6.45, 7) is -12.0. The van der Waals surface area contributed by atoms with E-state index in [0.29, 0.717) is 0 Å². The van der Waals surface area contributed by atoms with Gasteiger partial charge in [0, 0.05) is 41.1 Å². The standard InChI is InChI=1S/C13H20N4O3/c1-9(18)6-4-5-7-17-12(19)10-11(14-8-15(10)2)16(3)13(17)20/h8-9,18H,4-7H2,1-3H3/i1D3,2D3,3D3,4D2,5D2,6D2,8D. The summed E-state index contributed by atoms with van der Waals surface area (Å²) >= 11 is 0. The average Bonchev–Trinajstić information content (AvgIpc) is 2.99. The molecular weight excluding hydrogens is 260 g/mol. The monoisotopic (exact) mass is 296 g/mol. The van der Waals surface area contributed by atoms with Crippen LogP contribution in [-0.2, 0) is 20.5 Å². The van der Waals surface area contributed by atoms with Crippen LogP contribution in [0.3, 0.4) is 0 Å². The molecule has 0 saturated carbocycles. The zero-order valence-corrected chi connectivity index (χ0v) is 9.84. The first kappa shape index (κ1) is 4.30. The Labute approximate surface area is 138 Å². The highest BCUT2D eigenvalue weighted by atomic mass is 16.3. The van der Waals surface area contributed by atoms with Gasteiger partial charge in [0.15, 0.2) is 11.2 Å². The molecule has 2 aromatic rings. The van der Waals surface area contributed by atoms with E-state index in [1.807, 2.05) is 0 Å². The third kappa shape index (κ3) is 2.53. The second-order valence-corrected chi connectivity index (χ2v) is 3.58. The van der Waals surface area contributed by atoms with Crippen molar-refractivity contribution in [1.29, 1.82) is 0 Å². The maximum absolute atomic E-state index is 13.1. The van der Waals surface area contributed by atoms with Crippen LogP contribution in [0.5, 0.6) is 0 Å². The Balaban J connectivity index is 2.92. The number of aliphatic hydroxyl groups is 1. The summed E-state index contributed by atoms with van der Waals surface area (Å²) in [7, 11) is 0. The molecule has 20 heavy (non-hydrogen) atoms. The summed E-state index contributed by atoms with van der Waals surface area (Å²) < 4.78 is 122. The molecule has 0 spiro atoms. The number of imidazole rings is 1. The van der Waals surface area contributed by atoms with Gasteiger partial charge in [-0.2, -0.15) is 0 Å². The summed E-state index contributed by atoms with van der Waals surface area (Å²) in [6.07, 6.45) is -15.7. The molecule has 7 heteroatoms. The van der Waals surface area contributed by atoms with E-state index in [1.165, 1.54) is 0 Å². The summed E-state index contributed by atoms with van der Waals surface area (Å²) in [6, 6.07) is 0. The van der Waals surface area contributed by atoms with E-state index in [9.17, 15) is 14.7 Å². The van der Waals surface area contributed by atoms with E-state index in [-0.39, 0.29) is 13.7 Å². The van der Waals surface area contributed by atoms with Crippen LogP contribution in [0.15, 0.2) is 15.9 Å². The number of nitrogens with zero attached hydrogens (tertiary/aromatic N) is 4. The van der Waals surface area contributed by atoms with E-state index in [0.717, 1.165) is 0 Å². The summed E-state index contributed by atoms with van der Waals surface area (Å²) in [5.41, 5.74) is -5.68. The lowest BCUT2D eigenvalue weighted by atomic mass is 10.2. The van der Waals surface area contributed by atoms with Crippen LogP contribution in [-0.4, -0.2) is 29.9 Å². The molecule has 0 amide bonds. The van der Waals surface area contributed by atoms with Gasteiger partial charge in [-0.05, 0) is 26.0 Å². The van der Waals surface area contributed by atoms with Crippen LogP contribution < -0.4 is 11.2 Å².